The SMILES string of the molecule is CCNC(=O)c1ccc(N)c(NCc2ncc[nH]2)c1. The van der Waals surface area contributed by atoms with Crippen LogP contribution in [0.3, 0.4) is 0 Å². The molecule has 6 heteroatoms. The molecule has 6 nitrogen and oxygen atoms in total. The van der Waals surface area contributed by atoms with Crippen LogP contribution in [0.5, 0.6) is 0 Å². The van der Waals surface area contributed by atoms with Crippen molar-refractivity contribution in [2.24, 2.45) is 0 Å². The highest BCUT2D eigenvalue weighted by molar-refractivity contribution is 5.96. The van der Waals surface area contributed by atoms with Gasteiger partial charge in [-0.1, -0.05) is 0 Å². The fourth-order valence-corrected chi connectivity index (χ4v) is 1.69. The molecule has 0 saturated carbocycles. The van der Waals surface area contributed by atoms with E-state index in [1.54, 1.807) is 30.6 Å². The summed E-state index contributed by atoms with van der Waals surface area (Å²) < 4.78 is 0. The molecule has 0 aliphatic heterocycles. The number of nitrogens with one attached hydrogen (secondary N) is 3. The molecular formula is C13H17N5O. The molecule has 0 radical (unpaired) electrons. The summed E-state index contributed by atoms with van der Waals surface area (Å²) in [7, 11) is 0. The first-order valence-electron chi connectivity index (χ1n) is 6.10. The van der Waals surface area contributed by atoms with Crippen LogP contribution in [0.1, 0.15) is 23.1 Å². The van der Waals surface area contributed by atoms with Crippen molar-refractivity contribution in [3.8, 4) is 0 Å². The number of nitrogens with zero attached hydrogens (tertiary/aromatic N) is 1. The smallest absolute Gasteiger partial charge is 0.251 e. The molecule has 100 valence electrons. The zero-order valence-electron chi connectivity index (χ0n) is 10.7. The van der Waals surface area contributed by atoms with Gasteiger partial charge in [-0.15, -0.1) is 0 Å². The highest BCUT2D eigenvalue weighted by Gasteiger charge is 2.07. The molecule has 0 unspecified atom stereocenters. The van der Waals surface area contributed by atoms with Crippen LogP contribution in [0.15, 0.2) is 30.6 Å². The van der Waals surface area contributed by atoms with Crippen LogP contribution in [0, 0.1) is 0 Å². The van der Waals surface area contributed by atoms with Crippen LogP contribution in [0.2, 0.25) is 0 Å². The van der Waals surface area contributed by atoms with E-state index < -0.39 is 0 Å². The number of amides is 1. The van der Waals surface area contributed by atoms with Gasteiger partial charge in [0, 0.05) is 24.5 Å². The van der Waals surface area contributed by atoms with Gasteiger partial charge in [0.05, 0.1) is 17.9 Å². The monoisotopic (exact) mass is 259 g/mol. The molecule has 0 aliphatic rings. The Kier molecular flexibility index (Phi) is 4.02. The first-order valence-corrected chi connectivity index (χ1v) is 6.10. The van der Waals surface area contributed by atoms with Gasteiger partial charge < -0.3 is 21.4 Å². The molecule has 0 spiro atoms. The molecular weight excluding hydrogens is 242 g/mol. The zero-order chi connectivity index (χ0) is 13.7. The minimum Gasteiger partial charge on any atom is -0.397 e. The second kappa shape index (κ2) is 5.90. The molecule has 0 saturated heterocycles. The number of aromatic amines is 1. The van der Waals surface area contributed by atoms with E-state index in [0.717, 1.165) is 11.5 Å². The van der Waals surface area contributed by atoms with Crippen LogP contribution in [0.4, 0.5) is 11.4 Å². The third kappa shape index (κ3) is 3.25. The Morgan fingerprint density at radius 2 is 2.32 bits per heavy atom. The number of carbonyl (C=O) groups excluding carboxylic acids is 1. The molecule has 1 amide bonds. The van der Waals surface area contributed by atoms with Crippen molar-refractivity contribution in [1.29, 1.82) is 0 Å². The normalized spacial score (nSPS) is 10.2. The molecule has 2 rings (SSSR count). The standard InChI is InChI=1S/C13H17N5O/c1-2-15-13(19)9-3-4-10(14)11(7-9)18-8-12-16-5-6-17-12/h3-7,18H,2,8,14H2,1H3,(H,15,19)(H,16,17). The number of aromatic nitrogens is 2. The van der Waals surface area contributed by atoms with Crippen molar-refractivity contribution in [2.45, 2.75) is 13.5 Å². The highest BCUT2D eigenvalue weighted by atomic mass is 16.1. The van der Waals surface area contributed by atoms with E-state index >= 15 is 0 Å². The summed E-state index contributed by atoms with van der Waals surface area (Å²) in [6.45, 7) is 3.00. The maximum Gasteiger partial charge on any atom is 0.251 e. The number of carbonyl (C=O) groups is 1. The van der Waals surface area contributed by atoms with E-state index in [-0.39, 0.29) is 5.91 Å². The number of anilines is 2. The van der Waals surface area contributed by atoms with Crippen molar-refractivity contribution < 1.29 is 4.79 Å². The van der Waals surface area contributed by atoms with Crippen LogP contribution < -0.4 is 16.4 Å². The Hall–Kier alpha value is -2.50. The lowest BCUT2D eigenvalue weighted by Gasteiger charge is -2.10. The van der Waals surface area contributed by atoms with Crippen LogP contribution in [0.25, 0.3) is 0 Å². The number of nitrogen functional groups attached to an aromatic ring is 1. The summed E-state index contributed by atoms with van der Waals surface area (Å²) >= 11 is 0. The number of rotatable bonds is 5. The molecule has 2 aromatic rings. The van der Waals surface area contributed by atoms with E-state index in [9.17, 15) is 4.79 Å². The van der Waals surface area contributed by atoms with Gasteiger partial charge in [-0.05, 0) is 25.1 Å². The minimum absolute atomic E-state index is 0.108. The summed E-state index contributed by atoms with van der Waals surface area (Å²) in [5.41, 5.74) is 7.78. The predicted octanol–water partition coefficient (Wildman–Crippen LogP) is 1.35. The maximum atomic E-state index is 11.7. The summed E-state index contributed by atoms with van der Waals surface area (Å²) in [4.78, 5) is 18.8. The molecule has 1 heterocycles. The molecule has 0 atom stereocenters. The second-order valence-electron chi connectivity index (χ2n) is 4.05. The average Bonchev–Trinajstić information content (AvgIpc) is 2.91. The van der Waals surface area contributed by atoms with Crippen LogP contribution in [-0.2, 0) is 6.54 Å². The number of imidazole rings is 1. The quantitative estimate of drug-likeness (QED) is 0.609. The molecule has 1 aromatic heterocycles. The zero-order valence-corrected chi connectivity index (χ0v) is 10.7. The lowest BCUT2D eigenvalue weighted by atomic mass is 10.1. The number of H-pyrrole nitrogens is 1. The van der Waals surface area contributed by atoms with Gasteiger partial charge >= 0.3 is 0 Å². The van der Waals surface area contributed by atoms with Gasteiger partial charge in [0.1, 0.15) is 5.82 Å². The summed E-state index contributed by atoms with van der Waals surface area (Å²) in [5, 5.41) is 5.91. The average molecular weight is 259 g/mol. The first kappa shape index (κ1) is 12.9. The summed E-state index contributed by atoms with van der Waals surface area (Å²) in [5.74, 6) is 0.700. The van der Waals surface area contributed by atoms with Gasteiger partial charge in [-0.3, -0.25) is 4.79 Å². The first-order chi connectivity index (χ1) is 9.20. The van der Waals surface area contributed by atoms with E-state index in [0.29, 0.717) is 24.3 Å². The molecule has 0 aliphatic carbocycles. The Morgan fingerprint density at radius 1 is 1.47 bits per heavy atom. The van der Waals surface area contributed by atoms with Crippen molar-refractivity contribution >= 4 is 17.3 Å². The highest BCUT2D eigenvalue weighted by Crippen LogP contribution is 2.20. The fourth-order valence-electron chi connectivity index (χ4n) is 1.69. The molecule has 1 aromatic carbocycles. The van der Waals surface area contributed by atoms with E-state index in [2.05, 4.69) is 20.6 Å². The minimum atomic E-state index is -0.108. The van der Waals surface area contributed by atoms with Gasteiger partial charge in [0.15, 0.2) is 0 Å². The Morgan fingerprint density at radius 3 is 3.00 bits per heavy atom. The number of benzene rings is 1. The van der Waals surface area contributed by atoms with E-state index in [4.69, 9.17) is 5.73 Å². The molecule has 5 N–H and O–H groups in total. The molecule has 0 fully saturated rings. The summed E-state index contributed by atoms with van der Waals surface area (Å²) in [6.07, 6.45) is 3.44. The lowest BCUT2D eigenvalue weighted by molar-refractivity contribution is 0.0956. The third-order valence-electron chi connectivity index (χ3n) is 2.65. The summed E-state index contributed by atoms with van der Waals surface area (Å²) in [6, 6.07) is 5.16. The molecule has 19 heavy (non-hydrogen) atoms. The topological polar surface area (TPSA) is 95.8 Å². The van der Waals surface area contributed by atoms with Crippen molar-refractivity contribution in [3.05, 3.63) is 42.0 Å². The van der Waals surface area contributed by atoms with Gasteiger partial charge in [0.25, 0.3) is 5.91 Å². The Bertz CT molecular complexity index is 550. The van der Waals surface area contributed by atoms with Crippen molar-refractivity contribution in [2.75, 3.05) is 17.6 Å². The fraction of sp³-hybridized carbons (Fsp3) is 0.231. The van der Waals surface area contributed by atoms with Crippen molar-refractivity contribution in [1.82, 2.24) is 15.3 Å². The molecule has 0 bridgehead atoms. The van der Waals surface area contributed by atoms with Gasteiger partial charge in [-0.2, -0.15) is 0 Å². The second-order valence-corrected chi connectivity index (χ2v) is 4.05. The third-order valence-corrected chi connectivity index (χ3v) is 2.65. The Labute approximate surface area is 111 Å². The number of nitrogens with two attached hydrogens (primary N) is 1. The van der Waals surface area contributed by atoms with Crippen LogP contribution in [-0.4, -0.2) is 22.4 Å². The van der Waals surface area contributed by atoms with E-state index in [1.807, 2.05) is 6.92 Å². The van der Waals surface area contributed by atoms with Crippen molar-refractivity contribution in [3.63, 3.8) is 0 Å². The van der Waals surface area contributed by atoms with Gasteiger partial charge in [0.2, 0.25) is 0 Å². The van der Waals surface area contributed by atoms with Gasteiger partial charge in [-0.25, -0.2) is 4.98 Å². The number of hydrogen-bond acceptors (Lipinski definition) is 4. The maximum absolute atomic E-state index is 11.7. The van der Waals surface area contributed by atoms with E-state index in [1.165, 1.54) is 0 Å². The van der Waals surface area contributed by atoms with Crippen LogP contribution >= 0.6 is 0 Å². The predicted molar refractivity (Wildman–Crippen MR) is 74.8 cm³/mol. The largest absolute Gasteiger partial charge is 0.397 e. The number of hydrogen-bond donors (Lipinski definition) is 4. The lowest BCUT2D eigenvalue weighted by Crippen LogP contribution is -2.22. The Balaban J connectivity index is 2.10.